The molecule has 0 unspecified atom stereocenters. The van der Waals surface area contributed by atoms with Crippen LogP contribution in [0.2, 0.25) is 0 Å². The van der Waals surface area contributed by atoms with Crippen molar-refractivity contribution in [2.75, 3.05) is 11.1 Å². The Bertz CT molecular complexity index is 1340. The van der Waals surface area contributed by atoms with Crippen LogP contribution in [0.1, 0.15) is 24.2 Å². The predicted octanol–water partition coefficient (Wildman–Crippen LogP) is 1.22. The number of anilines is 2. The second-order valence-electron chi connectivity index (χ2n) is 6.91. The molecule has 3 N–H and O–H groups in total. The topological polar surface area (TPSA) is 152 Å². The number of hydrogen-bond donors (Lipinski definition) is 2. The zero-order chi connectivity index (χ0) is 24.3. The zero-order valence-corrected chi connectivity index (χ0v) is 17.9. The summed E-state index contributed by atoms with van der Waals surface area (Å²) >= 11 is 0. The highest BCUT2D eigenvalue weighted by molar-refractivity contribution is 6.06. The fourth-order valence-electron chi connectivity index (χ4n) is 3.01. The van der Waals surface area contributed by atoms with Crippen LogP contribution >= 0.6 is 0 Å². The van der Waals surface area contributed by atoms with Crippen molar-refractivity contribution in [3.63, 3.8) is 0 Å². The monoisotopic (exact) mass is 452 g/mol. The Morgan fingerprint density at radius 3 is 1.97 bits per heavy atom. The number of nitrogens with one attached hydrogen (secondary N) is 1. The molecule has 0 fully saturated rings. The number of amides is 1. The first-order valence-electron chi connectivity index (χ1n) is 9.58. The summed E-state index contributed by atoms with van der Waals surface area (Å²) in [5.74, 6) is -2.52. The molecule has 11 nitrogen and oxygen atoms in total. The molecule has 0 spiro atoms. The number of para-hydroxylation sites is 1. The molecule has 3 rings (SSSR count). The van der Waals surface area contributed by atoms with Gasteiger partial charge in [-0.25, -0.2) is 9.36 Å². The first-order chi connectivity index (χ1) is 15.6. The van der Waals surface area contributed by atoms with E-state index in [1.165, 1.54) is 25.2 Å². The zero-order valence-electron chi connectivity index (χ0n) is 17.9. The molecule has 1 aromatic heterocycles. The third kappa shape index (κ3) is 4.98. The lowest BCUT2D eigenvalue weighted by molar-refractivity contribution is -0.132. The molecule has 1 heterocycles. The molecular weight excluding hydrogens is 432 g/mol. The number of hydrogen-bond acceptors (Lipinski definition) is 8. The van der Waals surface area contributed by atoms with Crippen molar-refractivity contribution in [2.45, 2.75) is 13.8 Å². The van der Waals surface area contributed by atoms with E-state index in [9.17, 15) is 24.0 Å². The summed E-state index contributed by atoms with van der Waals surface area (Å²) in [4.78, 5) is 61.0. The van der Waals surface area contributed by atoms with E-state index in [1.54, 1.807) is 30.3 Å². The van der Waals surface area contributed by atoms with E-state index in [0.29, 0.717) is 5.69 Å². The minimum Gasteiger partial charge on any atom is -0.427 e. The van der Waals surface area contributed by atoms with Crippen LogP contribution in [-0.4, -0.2) is 27.0 Å². The van der Waals surface area contributed by atoms with Gasteiger partial charge in [-0.2, -0.15) is 0 Å². The average Bonchev–Trinajstić information content (AvgIpc) is 2.75. The second kappa shape index (κ2) is 9.22. The number of esters is 2. The summed E-state index contributed by atoms with van der Waals surface area (Å²) < 4.78 is 11.9. The lowest BCUT2D eigenvalue weighted by atomic mass is 10.2. The highest BCUT2D eigenvalue weighted by atomic mass is 16.5. The number of nitrogen functional groups attached to an aromatic ring is 1. The number of ether oxygens (including phenoxy) is 2. The summed E-state index contributed by atoms with van der Waals surface area (Å²) in [5, 5.41) is 2.40. The van der Waals surface area contributed by atoms with Crippen LogP contribution in [-0.2, 0) is 16.6 Å². The number of benzene rings is 2. The van der Waals surface area contributed by atoms with Crippen molar-refractivity contribution in [2.24, 2.45) is 7.05 Å². The standard InChI is InChI=1S/C22H20N4O7/c1-12(27)32-16-9-14(10-17(11-16)33-13(2)28)20(29)24-18-19(23)26(15-7-5-4-6-8-15)22(31)25(3)21(18)30/h4-11H,23H2,1-3H3,(H,24,29). The Kier molecular flexibility index (Phi) is 6.43. The van der Waals surface area contributed by atoms with E-state index in [0.717, 1.165) is 23.0 Å². The lowest BCUT2D eigenvalue weighted by Crippen LogP contribution is -2.40. The van der Waals surface area contributed by atoms with Gasteiger partial charge >= 0.3 is 17.6 Å². The molecule has 0 saturated carbocycles. The van der Waals surface area contributed by atoms with E-state index >= 15 is 0 Å². The van der Waals surface area contributed by atoms with Gasteiger partial charge in [0.1, 0.15) is 23.0 Å². The van der Waals surface area contributed by atoms with Gasteiger partial charge in [0.05, 0.1) is 5.69 Å². The van der Waals surface area contributed by atoms with E-state index in [2.05, 4.69) is 5.32 Å². The predicted molar refractivity (Wildman–Crippen MR) is 119 cm³/mol. The van der Waals surface area contributed by atoms with E-state index in [1.807, 2.05) is 0 Å². The molecule has 0 aliphatic heterocycles. The Morgan fingerprint density at radius 1 is 0.909 bits per heavy atom. The van der Waals surface area contributed by atoms with Crippen LogP contribution in [0.4, 0.5) is 11.5 Å². The molecule has 11 heteroatoms. The Hall–Kier alpha value is -4.67. The maximum atomic E-state index is 13.0. The number of carbonyl (C=O) groups excluding carboxylic acids is 3. The molecule has 0 radical (unpaired) electrons. The SMILES string of the molecule is CC(=O)Oc1cc(OC(C)=O)cc(C(=O)Nc2c(N)n(-c3ccccc3)c(=O)n(C)c2=O)c1. The summed E-state index contributed by atoms with van der Waals surface area (Å²) in [6.45, 7) is 2.32. The van der Waals surface area contributed by atoms with Crippen molar-refractivity contribution in [1.82, 2.24) is 9.13 Å². The van der Waals surface area contributed by atoms with E-state index < -0.39 is 29.1 Å². The van der Waals surface area contributed by atoms with Crippen LogP contribution in [0.15, 0.2) is 58.1 Å². The van der Waals surface area contributed by atoms with Crippen molar-refractivity contribution in [3.8, 4) is 17.2 Å². The third-order valence-electron chi connectivity index (χ3n) is 4.41. The number of nitrogens with two attached hydrogens (primary N) is 1. The molecule has 2 aromatic carbocycles. The average molecular weight is 452 g/mol. The molecule has 0 aliphatic carbocycles. The van der Waals surface area contributed by atoms with Crippen molar-refractivity contribution >= 4 is 29.4 Å². The lowest BCUT2D eigenvalue weighted by Gasteiger charge is -2.16. The molecule has 33 heavy (non-hydrogen) atoms. The maximum absolute atomic E-state index is 13.0. The van der Waals surface area contributed by atoms with Gasteiger partial charge in [0, 0.05) is 32.5 Å². The summed E-state index contributed by atoms with van der Waals surface area (Å²) in [5.41, 5.74) is 4.54. The number of rotatable bonds is 5. The fraction of sp³-hybridized carbons (Fsp3) is 0.136. The Labute approximate surface area is 187 Å². The minimum absolute atomic E-state index is 0.0541. The number of nitrogens with zero attached hydrogens (tertiary/aromatic N) is 2. The van der Waals surface area contributed by atoms with Gasteiger partial charge in [0.15, 0.2) is 0 Å². The molecule has 0 atom stereocenters. The minimum atomic E-state index is -0.825. The van der Waals surface area contributed by atoms with E-state index in [4.69, 9.17) is 15.2 Å². The summed E-state index contributed by atoms with van der Waals surface area (Å²) in [7, 11) is 1.25. The van der Waals surface area contributed by atoms with Crippen molar-refractivity contribution < 1.29 is 23.9 Å². The van der Waals surface area contributed by atoms with Gasteiger partial charge in [-0.15, -0.1) is 0 Å². The van der Waals surface area contributed by atoms with Crippen molar-refractivity contribution in [1.29, 1.82) is 0 Å². The molecule has 1 amide bonds. The third-order valence-corrected chi connectivity index (χ3v) is 4.41. The Morgan fingerprint density at radius 2 is 1.45 bits per heavy atom. The summed E-state index contributed by atoms with van der Waals surface area (Å²) in [6.07, 6.45) is 0. The molecule has 0 aliphatic rings. The maximum Gasteiger partial charge on any atom is 0.337 e. The Balaban J connectivity index is 2.09. The summed E-state index contributed by atoms with van der Waals surface area (Å²) in [6, 6.07) is 12.0. The van der Waals surface area contributed by atoms with Gasteiger partial charge in [0.2, 0.25) is 0 Å². The smallest absolute Gasteiger partial charge is 0.337 e. The fourth-order valence-corrected chi connectivity index (χ4v) is 3.01. The van der Waals surface area contributed by atoms with E-state index in [-0.39, 0.29) is 28.6 Å². The highest BCUT2D eigenvalue weighted by Crippen LogP contribution is 2.25. The largest absolute Gasteiger partial charge is 0.427 e. The van der Waals surface area contributed by atoms with Gasteiger partial charge in [-0.1, -0.05) is 18.2 Å². The molecular formula is C22H20N4O7. The molecule has 0 bridgehead atoms. The van der Waals surface area contributed by atoms with Gasteiger partial charge in [-0.05, 0) is 24.3 Å². The number of aromatic nitrogens is 2. The van der Waals surface area contributed by atoms with Gasteiger partial charge in [0.25, 0.3) is 11.5 Å². The quantitative estimate of drug-likeness (QED) is 0.433. The van der Waals surface area contributed by atoms with Crippen LogP contribution in [0.5, 0.6) is 11.5 Å². The van der Waals surface area contributed by atoms with Crippen LogP contribution < -0.4 is 31.8 Å². The van der Waals surface area contributed by atoms with Gasteiger partial charge in [-0.3, -0.25) is 23.7 Å². The highest BCUT2D eigenvalue weighted by Gasteiger charge is 2.20. The van der Waals surface area contributed by atoms with Gasteiger partial charge < -0.3 is 20.5 Å². The van der Waals surface area contributed by atoms with Crippen LogP contribution in [0.25, 0.3) is 5.69 Å². The van der Waals surface area contributed by atoms with Crippen molar-refractivity contribution in [3.05, 3.63) is 74.9 Å². The first kappa shape index (κ1) is 23.0. The molecule has 0 saturated heterocycles. The molecule has 3 aromatic rings. The van der Waals surface area contributed by atoms with Crippen LogP contribution in [0.3, 0.4) is 0 Å². The number of carbonyl (C=O) groups is 3. The van der Waals surface area contributed by atoms with Crippen LogP contribution in [0, 0.1) is 0 Å². The normalized spacial score (nSPS) is 10.4. The first-order valence-corrected chi connectivity index (χ1v) is 9.58. The second-order valence-corrected chi connectivity index (χ2v) is 6.91. The molecule has 170 valence electrons.